The second-order valence-corrected chi connectivity index (χ2v) is 8.54. The molecule has 1 aromatic heterocycles. The highest BCUT2D eigenvalue weighted by Gasteiger charge is 2.43. The maximum absolute atomic E-state index is 13.3. The summed E-state index contributed by atoms with van der Waals surface area (Å²) >= 11 is 1.29. The van der Waals surface area contributed by atoms with Gasteiger partial charge in [0.05, 0.1) is 29.7 Å². The lowest BCUT2D eigenvalue weighted by atomic mass is 9.95. The number of carbonyl (C=O) groups excluding carboxylic acids is 2. The average Bonchev–Trinajstić information content (AvgIpc) is 3.45. The molecule has 32 heavy (non-hydrogen) atoms. The lowest BCUT2D eigenvalue weighted by molar-refractivity contribution is -0.129. The highest BCUT2D eigenvalue weighted by molar-refractivity contribution is 7.12. The number of hydrogen-bond donors (Lipinski definition) is 1. The smallest absolute Gasteiger partial charge is 0.290 e. The Kier molecular flexibility index (Phi) is 7.04. The van der Waals surface area contributed by atoms with Gasteiger partial charge in [-0.1, -0.05) is 30.9 Å². The zero-order valence-electron chi connectivity index (χ0n) is 17.7. The molecule has 0 aliphatic carbocycles. The fraction of sp³-hybridized carbons (Fsp3) is 0.333. The minimum absolute atomic E-state index is 0.124. The number of ketones is 1. The van der Waals surface area contributed by atoms with Crippen molar-refractivity contribution < 1.29 is 24.2 Å². The molecule has 1 saturated heterocycles. The predicted octanol–water partition coefficient (Wildman–Crippen LogP) is 3.22. The summed E-state index contributed by atoms with van der Waals surface area (Å²) in [5, 5.41) is 12.5. The van der Waals surface area contributed by atoms with Gasteiger partial charge in [-0.2, -0.15) is 0 Å². The first kappa shape index (κ1) is 22.3. The van der Waals surface area contributed by atoms with E-state index < -0.39 is 17.7 Å². The van der Waals surface area contributed by atoms with Crippen LogP contribution in [0.1, 0.15) is 21.3 Å². The van der Waals surface area contributed by atoms with Crippen molar-refractivity contribution >= 4 is 23.0 Å². The van der Waals surface area contributed by atoms with E-state index in [0.717, 1.165) is 18.7 Å². The number of carbonyl (C=O) groups is 2. The number of aliphatic hydroxyl groups is 1. The number of thiophene rings is 1. The molecular weight excluding hydrogens is 428 g/mol. The minimum atomic E-state index is -0.661. The maximum atomic E-state index is 13.3. The Morgan fingerprint density at radius 3 is 2.62 bits per heavy atom. The predicted molar refractivity (Wildman–Crippen MR) is 122 cm³/mol. The zero-order valence-corrected chi connectivity index (χ0v) is 18.6. The maximum Gasteiger partial charge on any atom is 0.290 e. The Morgan fingerprint density at radius 1 is 1.22 bits per heavy atom. The summed E-state index contributed by atoms with van der Waals surface area (Å²) in [6.07, 6.45) is 1.66. The second kappa shape index (κ2) is 10.1. The largest absolute Gasteiger partial charge is 0.503 e. The van der Waals surface area contributed by atoms with Gasteiger partial charge in [-0.15, -0.1) is 11.3 Å². The quantitative estimate of drug-likeness (QED) is 0.463. The van der Waals surface area contributed by atoms with Crippen molar-refractivity contribution in [2.75, 3.05) is 46.0 Å². The molecule has 1 aromatic carbocycles. The van der Waals surface area contributed by atoms with Crippen LogP contribution in [0, 0.1) is 0 Å². The highest BCUT2D eigenvalue weighted by Crippen LogP contribution is 2.39. The van der Waals surface area contributed by atoms with Crippen LogP contribution >= 0.6 is 11.3 Å². The molecule has 7 nitrogen and oxygen atoms in total. The van der Waals surface area contributed by atoms with E-state index >= 15 is 0 Å². The molecule has 1 fully saturated rings. The molecule has 2 aromatic rings. The first-order chi connectivity index (χ1) is 15.6. The van der Waals surface area contributed by atoms with Crippen molar-refractivity contribution in [2.45, 2.75) is 6.04 Å². The summed E-state index contributed by atoms with van der Waals surface area (Å²) in [5.41, 5.74) is 0.870. The van der Waals surface area contributed by atoms with E-state index in [0.29, 0.717) is 43.5 Å². The Bertz CT molecular complexity index is 994. The topological polar surface area (TPSA) is 79.3 Å². The molecule has 1 N–H and O–H groups in total. The standard InChI is InChI=1S/C24H26N2O5S/c1-2-13-31-18-7-5-17(6-8-18)21-20(22(27)19-4-3-16-32-19)23(28)24(29)26(21)10-9-25-11-14-30-15-12-25/h2-8,16,21,28H,1,9-15H2. The van der Waals surface area contributed by atoms with Gasteiger partial charge in [-0.05, 0) is 29.1 Å². The summed E-state index contributed by atoms with van der Waals surface area (Å²) in [6, 6.07) is 10.1. The number of aliphatic hydroxyl groups excluding tert-OH is 1. The van der Waals surface area contributed by atoms with Gasteiger partial charge >= 0.3 is 0 Å². The summed E-state index contributed by atoms with van der Waals surface area (Å²) in [5.74, 6) is -0.647. The van der Waals surface area contributed by atoms with Crippen LogP contribution in [-0.2, 0) is 9.53 Å². The number of rotatable bonds is 9. The van der Waals surface area contributed by atoms with Crippen molar-refractivity contribution in [3.8, 4) is 5.75 Å². The van der Waals surface area contributed by atoms with Gasteiger partial charge in [0.2, 0.25) is 5.78 Å². The van der Waals surface area contributed by atoms with E-state index in [1.54, 1.807) is 40.6 Å². The third-order valence-corrected chi connectivity index (χ3v) is 6.49. The summed E-state index contributed by atoms with van der Waals surface area (Å²) in [6.45, 7) is 7.97. The molecule has 3 heterocycles. The van der Waals surface area contributed by atoms with Crippen LogP contribution in [0.25, 0.3) is 0 Å². The number of benzene rings is 1. The molecular formula is C24H26N2O5S. The first-order valence-corrected chi connectivity index (χ1v) is 11.4. The molecule has 168 valence electrons. The molecule has 8 heteroatoms. The van der Waals surface area contributed by atoms with E-state index in [1.165, 1.54) is 11.3 Å². The SMILES string of the molecule is C=CCOc1ccc(C2C(C(=O)c3cccs3)=C(O)C(=O)N2CCN2CCOCC2)cc1. The van der Waals surface area contributed by atoms with Gasteiger partial charge in [0.15, 0.2) is 5.76 Å². The van der Waals surface area contributed by atoms with Crippen LogP contribution in [-0.4, -0.2) is 72.6 Å². The summed E-state index contributed by atoms with van der Waals surface area (Å²) in [7, 11) is 0. The lowest BCUT2D eigenvalue weighted by Crippen LogP contribution is -2.43. The van der Waals surface area contributed by atoms with Gasteiger partial charge in [-0.25, -0.2) is 0 Å². The summed E-state index contributed by atoms with van der Waals surface area (Å²) in [4.78, 5) is 30.6. The number of morpholine rings is 1. The second-order valence-electron chi connectivity index (χ2n) is 7.59. The van der Waals surface area contributed by atoms with Gasteiger partial charge in [0.25, 0.3) is 5.91 Å². The van der Waals surface area contributed by atoms with E-state index in [2.05, 4.69) is 11.5 Å². The van der Waals surface area contributed by atoms with Crippen LogP contribution < -0.4 is 4.74 Å². The number of Topliss-reactive ketones (excluding diaryl/α,β-unsaturated/α-hetero) is 1. The van der Waals surface area contributed by atoms with Gasteiger partial charge in [-0.3, -0.25) is 14.5 Å². The lowest BCUT2D eigenvalue weighted by Gasteiger charge is -2.31. The third-order valence-electron chi connectivity index (χ3n) is 5.62. The van der Waals surface area contributed by atoms with Gasteiger partial charge in [0.1, 0.15) is 12.4 Å². The fourth-order valence-corrected chi connectivity index (χ4v) is 4.66. The molecule has 4 rings (SSSR count). The van der Waals surface area contributed by atoms with Crippen LogP contribution in [0.4, 0.5) is 0 Å². The molecule has 2 aliphatic heterocycles. The van der Waals surface area contributed by atoms with Crippen molar-refractivity contribution in [3.05, 3.63) is 76.2 Å². The van der Waals surface area contributed by atoms with Crippen LogP contribution in [0.2, 0.25) is 0 Å². The number of nitrogens with zero attached hydrogens (tertiary/aromatic N) is 2. The zero-order chi connectivity index (χ0) is 22.5. The number of hydrogen-bond acceptors (Lipinski definition) is 7. The molecule has 1 atom stereocenters. The van der Waals surface area contributed by atoms with Gasteiger partial charge < -0.3 is 19.5 Å². The van der Waals surface area contributed by atoms with E-state index in [4.69, 9.17) is 9.47 Å². The molecule has 0 radical (unpaired) electrons. The van der Waals surface area contributed by atoms with Crippen LogP contribution in [0.15, 0.2) is 65.8 Å². The molecule has 0 bridgehead atoms. The molecule has 1 unspecified atom stereocenters. The van der Waals surface area contributed by atoms with Crippen LogP contribution in [0.3, 0.4) is 0 Å². The number of amides is 1. The van der Waals surface area contributed by atoms with Crippen LogP contribution in [0.5, 0.6) is 5.75 Å². The van der Waals surface area contributed by atoms with Crippen molar-refractivity contribution in [3.63, 3.8) is 0 Å². The third kappa shape index (κ3) is 4.62. The van der Waals surface area contributed by atoms with Crippen molar-refractivity contribution in [2.24, 2.45) is 0 Å². The Labute approximate surface area is 191 Å². The Hall–Kier alpha value is -2.94. The molecule has 0 spiro atoms. The normalized spacial score (nSPS) is 19.4. The average molecular weight is 455 g/mol. The van der Waals surface area contributed by atoms with E-state index in [9.17, 15) is 14.7 Å². The fourth-order valence-electron chi connectivity index (χ4n) is 3.98. The molecule has 2 aliphatic rings. The van der Waals surface area contributed by atoms with Crippen molar-refractivity contribution in [1.82, 2.24) is 9.80 Å². The van der Waals surface area contributed by atoms with E-state index in [-0.39, 0.29) is 11.4 Å². The summed E-state index contributed by atoms with van der Waals surface area (Å²) < 4.78 is 11.0. The molecule has 0 saturated carbocycles. The minimum Gasteiger partial charge on any atom is -0.503 e. The molecule has 1 amide bonds. The van der Waals surface area contributed by atoms with Crippen molar-refractivity contribution in [1.29, 1.82) is 0 Å². The monoisotopic (exact) mass is 454 g/mol. The Balaban J connectivity index is 1.63. The first-order valence-electron chi connectivity index (χ1n) is 10.6. The highest BCUT2D eigenvalue weighted by atomic mass is 32.1. The van der Waals surface area contributed by atoms with E-state index in [1.807, 2.05) is 12.1 Å². The Morgan fingerprint density at radius 2 is 1.97 bits per heavy atom. The number of ether oxygens (including phenoxy) is 2. The van der Waals surface area contributed by atoms with Gasteiger partial charge in [0, 0.05) is 26.2 Å².